The van der Waals surface area contributed by atoms with E-state index in [1.54, 1.807) is 0 Å². The zero-order chi connectivity index (χ0) is 21.2. The number of carbonyl (C=O) groups excluding carboxylic acids is 1. The molecule has 2 aromatic rings. The first-order valence-corrected chi connectivity index (χ1v) is 8.17. The average molecular weight is 450 g/mol. The molecule has 0 fully saturated rings. The van der Waals surface area contributed by atoms with Crippen LogP contribution in [0.2, 0.25) is 10.0 Å². The van der Waals surface area contributed by atoms with E-state index in [-0.39, 0.29) is 16.5 Å². The number of ether oxygens (including phenoxy) is 1. The van der Waals surface area contributed by atoms with Crippen LogP contribution in [0.5, 0.6) is 5.75 Å². The second kappa shape index (κ2) is 8.91. The van der Waals surface area contributed by atoms with Gasteiger partial charge in [-0.15, -0.1) is 0 Å². The number of hydrogen-bond donors (Lipinski definition) is 1. The van der Waals surface area contributed by atoms with Gasteiger partial charge in [-0.3, -0.25) is 4.79 Å². The van der Waals surface area contributed by atoms with E-state index in [0.29, 0.717) is 4.68 Å². The molecule has 0 aliphatic heterocycles. The molecule has 0 radical (unpaired) electrons. The standard InChI is InChI=1S/C15H11Cl2F6N3O2/c1-5(26-11(13(20)21)9(17)10(25-26)12(18)19)14(27)24-6-2-3-8(7(16)4-6)28-15(22)23/h2-5,12-13,15H,1H3,(H,24,27). The topological polar surface area (TPSA) is 56.1 Å². The SMILES string of the molecule is CC(C(=O)Nc1ccc(OC(F)F)c(Cl)c1)n1nc(C(F)F)c(Cl)c1C(F)F. The summed E-state index contributed by atoms with van der Waals surface area (Å²) in [5, 5.41) is 4.43. The highest BCUT2D eigenvalue weighted by Gasteiger charge is 2.31. The van der Waals surface area contributed by atoms with Crippen LogP contribution in [-0.2, 0) is 4.79 Å². The monoisotopic (exact) mass is 449 g/mol. The summed E-state index contributed by atoms with van der Waals surface area (Å²) in [5.74, 6) is -1.26. The number of halogens is 8. The van der Waals surface area contributed by atoms with E-state index in [1.165, 1.54) is 6.07 Å². The highest BCUT2D eigenvalue weighted by Crippen LogP contribution is 2.36. The van der Waals surface area contributed by atoms with Crippen LogP contribution in [0.1, 0.15) is 37.2 Å². The highest BCUT2D eigenvalue weighted by molar-refractivity contribution is 6.32. The molecule has 5 nitrogen and oxygen atoms in total. The van der Waals surface area contributed by atoms with Gasteiger partial charge >= 0.3 is 6.61 Å². The van der Waals surface area contributed by atoms with Gasteiger partial charge in [-0.25, -0.2) is 22.2 Å². The number of carbonyl (C=O) groups is 1. The van der Waals surface area contributed by atoms with E-state index < -0.39 is 47.8 Å². The molecule has 0 spiro atoms. The molecule has 13 heteroatoms. The van der Waals surface area contributed by atoms with Crippen LogP contribution in [0, 0.1) is 0 Å². The third-order valence-corrected chi connectivity index (χ3v) is 4.17. The third-order valence-electron chi connectivity index (χ3n) is 3.49. The molecule has 1 unspecified atom stereocenters. The van der Waals surface area contributed by atoms with Crippen molar-refractivity contribution >= 4 is 34.8 Å². The molecular formula is C15H11Cl2F6N3O2. The van der Waals surface area contributed by atoms with Crippen molar-refractivity contribution < 1.29 is 35.9 Å². The lowest BCUT2D eigenvalue weighted by Gasteiger charge is -2.16. The predicted molar refractivity (Wildman–Crippen MR) is 88.6 cm³/mol. The Morgan fingerprint density at radius 2 is 1.79 bits per heavy atom. The van der Waals surface area contributed by atoms with E-state index >= 15 is 0 Å². The summed E-state index contributed by atoms with van der Waals surface area (Å²) < 4.78 is 81.1. The van der Waals surface area contributed by atoms with Gasteiger partial charge in [0.1, 0.15) is 23.2 Å². The minimum atomic E-state index is -3.26. The normalized spacial score (nSPS) is 12.7. The Kier molecular flexibility index (Phi) is 7.05. The van der Waals surface area contributed by atoms with Gasteiger partial charge in [0, 0.05) is 5.69 Å². The molecule has 0 bridgehead atoms. The number of amides is 1. The van der Waals surface area contributed by atoms with Crippen molar-refractivity contribution in [3.63, 3.8) is 0 Å². The van der Waals surface area contributed by atoms with Crippen LogP contribution in [0.15, 0.2) is 18.2 Å². The van der Waals surface area contributed by atoms with Crippen molar-refractivity contribution in [1.29, 1.82) is 0 Å². The molecular weight excluding hydrogens is 439 g/mol. The number of hydrogen-bond acceptors (Lipinski definition) is 3. The largest absolute Gasteiger partial charge is 0.433 e. The molecule has 154 valence electrons. The number of benzene rings is 1. The Morgan fingerprint density at radius 1 is 1.14 bits per heavy atom. The molecule has 1 aromatic carbocycles. The summed E-state index contributed by atoms with van der Waals surface area (Å²) in [4.78, 5) is 12.3. The van der Waals surface area contributed by atoms with Crippen LogP contribution in [0.3, 0.4) is 0 Å². The second-order valence-corrected chi connectivity index (χ2v) is 6.10. The second-order valence-electron chi connectivity index (χ2n) is 5.32. The predicted octanol–water partition coefficient (Wildman–Crippen LogP) is 5.87. The van der Waals surface area contributed by atoms with Crippen molar-refractivity contribution in [1.82, 2.24) is 9.78 Å². The summed E-state index contributed by atoms with van der Waals surface area (Å²) >= 11 is 11.3. The van der Waals surface area contributed by atoms with E-state index in [9.17, 15) is 31.1 Å². The van der Waals surface area contributed by atoms with Gasteiger partial charge < -0.3 is 10.1 Å². The molecule has 0 aliphatic carbocycles. The maximum atomic E-state index is 13.2. The fourth-order valence-corrected chi connectivity index (χ4v) is 2.72. The quantitative estimate of drug-likeness (QED) is 0.538. The maximum absolute atomic E-state index is 13.2. The molecule has 1 amide bonds. The summed E-state index contributed by atoms with van der Waals surface area (Å²) in [6.45, 7) is -1.98. The zero-order valence-electron chi connectivity index (χ0n) is 13.8. The minimum Gasteiger partial charge on any atom is -0.433 e. The average Bonchev–Trinajstić information content (AvgIpc) is 2.94. The molecule has 1 N–H and O–H groups in total. The van der Waals surface area contributed by atoms with Crippen LogP contribution >= 0.6 is 23.2 Å². The van der Waals surface area contributed by atoms with E-state index in [4.69, 9.17) is 23.2 Å². The van der Waals surface area contributed by atoms with Gasteiger partial charge in [-0.1, -0.05) is 23.2 Å². The van der Waals surface area contributed by atoms with Crippen LogP contribution < -0.4 is 10.1 Å². The van der Waals surface area contributed by atoms with E-state index in [2.05, 4.69) is 15.2 Å². The zero-order valence-corrected chi connectivity index (χ0v) is 15.3. The van der Waals surface area contributed by atoms with Gasteiger partial charge in [-0.2, -0.15) is 13.9 Å². The first-order valence-electron chi connectivity index (χ1n) is 7.42. The smallest absolute Gasteiger partial charge is 0.387 e. The molecule has 1 aromatic heterocycles. The molecule has 0 aliphatic rings. The lowest BCUT2D eigenvalue weighted by Crippen LogP contribution is -2.26. The number of anilines is 1. The Hall–Kier alpha value is -2.14. The summed E-state index contributed by atoms with van der Waals surface area (Å²) in [7, 11) is 0. The lowest BCUT2D eigenvalue weighted by atomic mass is 10.2. The van der Waals surface area contributed by atoms with Crippen molar-refractivity contribution in [2.24, 2.45) is 0 Å². The van der Waals surface area contributed by atoms with Crippen LogP contribution in [0.4, 0.5) is 32.0 Å². The van der Waals surface area contributed by atoms with E-state index in [0.717, 1.165) is 19.1 Å². The number of alkyl halides is 6. The highest BCUT2D eigenvalue weighted by atomic mass is 35.5. The summed E-state index contributed by atoms with van der Waals surface area (Å²) in [5.41, 5.74) is -2.08. The van der Waals surface area contributed by atoms with E-state index in [1.807, 2.05) is 0 Å². The fourth-order valence-electron chi connectivity index (χ4n) is 2.20. The van der Waals surface area contributed by atoms with Gasteiger partial charge in [0.05, 0.1) is 10.0 Å². The first-order chi connectivity index (χ1) is 13.0. The molecule has 1 heterocycles. The minimum absolute atomic E-state index is 0.0226. The van der Waals surface area contributed by atoms with Crippen molar-refractivity contribution in [2.75, 3.05) is 5.32 Å². The Morgan fingerprint density at radius 3 is 2.29 bits per heavy atom. The Labute approximate surface area is 164 Å². The Balaban J connectivity index is 2.26. The lowest BCUT2D eigenvalue weighted by molar-refractivity contribution is -0.119. The van der Waals surface area contributed by atoms with Gasteiger partial charge in [0.2, 0.25) is 5.91 Å². The van der Waals surface area contributed by atoms with Crippen molar-refractivity contribution in [3.8, 4) is 5.75 Å². The fraction of sp³-hybridized carbons (Fsp3) is 0.333. The number of nitrogens with zero attached hydrogens (tertiary/aromatic N) is 2. The number of rotatable bonds is 7. The van der Waals surface area contributed by atoms with Gasteiger partial charge in [0.25, 0.3) is 12.9 Å². The molecule has 28 heavy (non-hydrogen) atoms. The molecule has 2 rings (SSSR count). The first kappa shape index (κ1) is 22.2. The molecule has 1 atom stereocenters. The molecule has 0 saturated heterocycles. The summed E-state index contributed by atoms with van der Waals surface area (Å²) in [6.07, 6.45) is -6.48. The van der Waals surface area contributed by atoms with Gasteiger partial charge in [-0.05, 0) is 25.1 Å². The maximum Gasteiger partial charge on any atom is 0.387 e. The summed E-state index contributed by atoms with van der Waals surface area (Å²) in [6, 6.07) is 1.85. The third kappa shape index (κ3) is 4.82. The van der Waals surface area contributed by atoms with Gasteiger partial charge in [0.15, 0.2) is 0 Å². The number of nitrogens with one attached hydrogen (secondary N) is 1. The van der Waals surface area contributed by atoms with Crippen molar-refractivity contribution in [3.05, 3.63) is 39.6 Å². The molecule has 0 saturated carbocycles. The van der Waals surface area contributed by atoms with Crippen molar-refractivity contribution in [2.45, 2.75) is 32.4 Å². The number of aromatic nitrogens is 2. The van der Waals surface area contributed by atoms with Crippen LogP contribution in [-0.4, -0.2) is 22.3 Å². The Bertz CT molecular complexity index is 863. The van der Waals surface area contributed by atoms with Crippen LogP contribution in [0.25, 0.3) is 0 Å².